The van der Waals surface area contributed by atoms with Crippen LogP contribution in [-0.2, 0) is 9.47 Å². The topological polar surface area (TPSA) is 96.8 Å². The SMILES string of the molecule is CC(C)(C)OC(=O)Oc1ccccc1-c1cc(-c2ccccc2OC(=O)OC(C)(C)C)ncn1. The van der Waals surface area contributed by atoms with Crippen LogP contribution in [-0.4, -0.2) is 33.5 Å². The fourth-order valence-corrected chi connectivity index (χ4v) is 2.91. The number of benzene rings is 2. The lowest BCUT2D eigenvalue weighted by molar-refractivity contribution is 0.0194. The van der Waals surface area contributed by atoms with Crippen LogP contribution in [0.15, 0.2) is 60.9 Å². The fourth-order valence-electron chi connectivity index (χ4n) is 2.91. The number of para-hydroxylation sites is 2. The molecule has 1 heterocycles. The van der Waals surface area contributed by atoms with Crippen molar-refractivity contribution in [1.82, 2.24) is 9.97 Å². The summed E-state index contributed by atoms with van der Waals surface area (Å²) in [6, 6.07) is 15.7. The zero-order valence-corrected chi connectivity index (χ0v) is 20.1. The van der Waals surface area contributed by atoms with E-state index in [1.165, 1.54) is 6.33 Å². The molecule has 3 aromatic rings. The van der Waals surface area contributed by atoms with Crippen LogP contribution < -0.4 is 9.47 Å². The van der Waals surface area contributed by atoms with E-state index in [-0.39, 0.29) is 0 Å². The highest BCUT2D eigenvalue weighted by Crippen LogP contribution is 2.34. The minimum absolute atomic E-state index is 0.291. The van der Waals surface area contributed by atoms with Crippen LogP contribution in [0.4, 0.5) is 9.59 Å². The number of nitrogens with zero attached hydrogens (tertiary/aromatic N) is 2. The van der Waals surface area contributed by atoms with Crippen molar-refractivity contribution in [3.05, 3.63) is 60.9 Å². The van der Waals surface area contributed by atoms with Crippen molar-refractivity contribution in [2.24, 2.45) is 0 Å². The van der Waals surface area contributed by atoms with Crippen molar-refractivity contribution in [2.75, 3.05) is 0 Å². The van der Waals surface area contributed by atoms with E-state index in [0.29, 0.717) is 34.0 Å². The van der Waals surface area contributed by atoms with Crippen molar-refractivity contribution in [1.29, 1.82) is 0 Å². The van der Waals surface area contributed by atoms with E-state index in [4.69, 9.17) is 18.9 Å². The van der Waals surface area contributed by atoms with Gasteiger partial charge in [0.2, 0.25) is 0 Å². The maximum atomic E-state index is 12.2. The van der Waals surface area contributed by atoms with E-state index >= 15 is 0 Å². The lowest BCUT2D eigenvalue weighted by atomic mass is 10.1. The van der Waals surface area contributed by atoms with Crippen molar-refractivity contribution >= 4 is 12.3 Å². The van der Waals surface area contributed by atoms with Gasteiger partial charge in [0.1, 0.15) is 29.0 Å². The molecule has 0 N–H and O–H groups in total. The summed E-state index contributed by atoms with van der Waals surface area (Å²) in [6.07, 6.45) is -0.241. The summed E-state index contributed by atoms with van der Waals surface area (Å²) in [7, 11) is 0. The summed E-state index contributed by atoms with van der Waals surface area (Å²) >= 11 is 0. The van der Waals surface area contributed by atoms with Crippen LogP contribution in [0.25, 0.3) is 22.5 Å². The molecule has 0 atom stereocenters. The van der Waals surface area contributed by atoms with Gasteiger partial charge >= 0.3 is 12.3 Å². The van der Waals surface area contributed by atoms with Crippen molar-refractivity contribution in [3.8, 4) is 34.0 Å². The average Bonchev–Trinajstić information content (AvgIpc) is 2.72. The molecule has 8 heteroatoms. The third-order valence-corrected chi connectivity index (χ3v) is 4.16. The van der Waals surface area contributed by atoms with Crippen LogP contribution >= 0.6 is 0 Å². The Hall–Kier alpha value is -3.94. The van der Waals surface area contributed by atoms with Crippen LogP contribution in [0.1, 0.15) is 41.5 Å². The monoisotopic (exact) mass is 464 g/mol. The summed E-state index contributed by atoms with van der Waals surface area (Å²) < 4.78 is 21.4. The first-order chi connectivity index (χ1) is 15.9. The van der Waals surface area contributed by atoms with Gasteiger partial charge in [-0.2, -0.15) is 0 Å². The molecule has 0 aliphatic carbocycles. The fraction of sp³-hybridized carbons (Fsp3) is 0.308. The maximum Gasteiger partial charge on any atom is 0.514 e. The highest BCUT2D eigenvalue weighted by atomic mass is 16.7. The van der Waals surface area contributed by atoms with Crippen LogP contribution in [0.2, 0.25) is 0 Å². The largest absolute Gasteiger partial charge is 0.514 e. The average molecular weight is 465 g/mol. The first-order valence-electron chi connectivity index (χ1n) is 10.7. The standard InChI is InChI=1S/C26H28N2O6/c1-25(2,3)33-23(29)31-21-13-9-7-11-17(21)19-15-20(28-16-27-19)18-12-8-10-14-22(18)32-24(30)34-26(4,5)6/h7-16H,1-6H3. The molecule has 178 valence electrons. The Balaban J connectivity index is 1.92. The van der Waals surface area contributed by atoms with Gasteiger partial charge in [0.25, 0.3) is 0 Å². The molecule has 0 unspecified atom stereocenters. The molecule has 0 radical (unpaired) electrons. The lowest BCUT2D eigenvalue weighted by Crippen LogP contribution is -2.26. The van der Waals surface area contributed by atoms with Gasteiger partial charge in [-0.1, -0.05) is 24.3 Å². The number of ether oxygens (including phenoxy) is 4. The Labute approximate surface area is 198 Å². The molecule has 1 aromatic heterocycles. The Kier molecular flexibility index (Phi) is 7.20. The summed E-state index contributed by atoms with van der Waals surface area (Å²) in [4.78, 5) is 33.1. The zero-order chi connectivity index (χ0) is 24.9. The quantitative estimate of drug-likeness (QED) is 0.321. The Bertz CT molecular complexity index is 1090. The first kappa shape index (κ1) is 24.7. The molecule has 0 aliphatic heterocycles. The minimum atomic E-state index is -0.815. The maximum absolute atomic E-state index is 12.2. The molecule has 2 aromatic carbocycles. The van der Waals surface area contributed by atoms with Crippen LogP contribution in [0.3, 0.4) is 0 Å². The Morgan fingerprint density at radius 2 is 1.03 bits per heavy atom. The van der Waals surface area contributed by atoms with E-state index in [9.17, 15) is 9.59 Å². The summed E-state index contributed by atoms with van der Waals surface area (Å²) in [5, 5.41) is 0. The zero-order valence-electron chi connectivity index (χ0n) is 20.1. The molecule has 0 saturated carbocycles. The number of rotatable bonds is 4. The van der Waals surface area contributed by atoms with Gasteiger partial charge in [-0.05, 0) is 71.9 Å². The van der Waals surface area contributed by atoms with Crippen molar-refractivity contribution < 1.29 is 28.5 Å². The van der Waals surface area contributed by atoms with Gasteiger partial charge in [-0.3, -0.25) is 0 Å². The summed E-state index contributed by atoms with van der Waals surface area (Å²) in [5.74, 6) is 0.583. The number of aromatic nitrogens is 2. The predicted octanol–water partition coefficient (Wildman–Crippen LogP) is 6.44. The van der Waals surface area contributed by atoms with Gasteiger partial charge in [0, 0.05) is 11.1 Å². The molecule has 0 aliphatic rings. The molecular formula is C26H28N2O6. The van der Waals surface area contributed by atoms with Crippen LogP contribution in [0, 0.1) is 0 Å². The van der Waals surface area contributed by atoms with Crippen molar-refractivity contribution in [2.45, 2.75) is 52.7 Å². The van der Waals surface area contributed by atoms with E-state index in [1.54, 1.807) is 96.1 Å². The van der Waals surface area contributed by atoms with E-state index in [1.807, 2.05) is 0 Å². The van der Waals surface area contributed by atoms with Gasteiger partial charge < -0.3 is 18.9 Å². The lowest BCUT2D eigenvalue weighted by Gasteiger charge is -2.19. The number of carbonyl (C=O) groups is 2. The highest BCUT2D eigenvalue weighted by molar-refractivity contribution is 5.78. The van der Waals surface area contributed by atoms with Crippen molar-refractivity contribution in [3.63, 3.8) is 0 Å². The van der Waals surface area contributed by atoms with Gasteiger partial charge in [-0.25, -0.2) is 19.6 Å². The predicted molar refractivity (Wildman–Crippen MR) is 127 cm³/mol. The molecule has 34 heavy (non-hydrogen) atoms. The molecule has 0 bridgehead atoms. The van der Waals surface area contributed by atoms with Gasteiger partial charge in [-0.15, -0.1) is 0 Å². The molecular weight excluding hydrogens is 436 g/mol. The Morgan fingerprint density at radius 1 is 0.647 bits per heavy atom. The summed E-state index contributed by atoms with van der Waals surface area (Å²) in [5.41, 5.74) is 0.787. The van der Waals surface area contributed by atoms with E-state index < -0.39 is 23.5 Å². The second-order valence-electron chi connectivity index (χ2n) is 9.41. The second-order valence-corrected chi connectivity index (χ2v) is 9.41. The molecule has 0 fully saturated rings. The minimum Gasteiger partial charge on any atom is -0.428 e. The highest BCUT2D eigenvalue weighted by Gasteiger charge is 2.22. The second kappa shape index (κ2) is 9.91. The first-order valence-corrected chi connectivity index (χ1v) is 10.7. The molecule has 0 spiro atoms. The van der Waals surface area contributed by atoms with Gasteiger partial charge in [0.05, 0.1) is 11.4 Å². The normalized spacial score (nSPS) is 11.5. The molecule has 3 rings (SSSR count). The number of hydrogen-bond donors (Lipinski definition) is 0. The summed E-state index contributed by atoms with van der Waals surface area (Å²) in [6.45, 7) is 10.5. The van der Waals surface area contributed by atoms with Gasteiger partial charge in [0.15, 0.2) is 0 Å². The number of hydrogen-bond acceptors (Lipinski definition) is 8. The Morgan fingerprint density at radius 3 is 1.41 bits per heavy atom. The number of carbonyl (C=O) groups excluding carboxylic acids is 2. The smallest absolute Gasteiger partial charge is 0.428 e. The third kappa shape index (κ3) is 7.03. The molecule has 0 saturated heterocycles. The molecule has 8 nitrogen and oxygen atoms in total. The third-order valence-electron chi connectivity index (χ3n) is 4.16. The van der Waals surface area contributed by atoms with E-state index in [2.05, 4.69) is 9.97 Å². The molecule has 0 amide bonds. The van der Waals surface area contributed by atoms with Crippen LogP contribution in [0.5, 0.6) is 11.5 Å². The van der Waals surface area contributed by atoms with E-state index in [0.717, 1.165) is 0 Å².